The molecule has 2 aromatic rings. The highest BCUT2D eigenvalue weighted by molar-refractivity contribution is 6.04. The summed E-state index contributed by atoms with van der Waals surface area (Å²) in [5, 5.41) is 20.4. The van der Waals surface area contributed by atoms with Crippen LogP contribution in [0.1, 0.15) is 56.0 Å². The zero-order valence-corrected chi connectivity index (χ0v) is 16.5. The number of nitrogens with zero attached hydrogens (tertiary/aromatic N) is 1. The number of carbonyl (C=O) groups excluding carboxylic acids is 1. The molecule has 0 unspecified atom stereocenters. The predicted octanol–water partition coefficient (Wildman–Crippen LogP) is 4.17. The second kappa shape index (κ2) is 9.35. The number of hydrogen-bond donors (Lipinski definition) is 2. The van der Waals surface area contributed by atoms with Crippen molar-refractivity contribution in [1.82, 2.24) is 4.90 Å². The normalized spacial score (nSPS) is 12.1. The van der Waals surface area contributed by atoms with Gasteiger partial charge in [0.2, 0.25) is 5.91 Å². The summed E-state index contributed by atoms with van der Waals surface area (Å²) >= 11 is 0. The average Bonchev–Trinajstić information content (AvgIpc) is 2.64. The van der Waals surface area contributed by atoms with E-state index in [2.05, 4.69) is 0 Å². The van der Waals surface area contributed by atoms with E-state index in [1.165, 1.54) is 11.0 Å². The Kier molecular flexibility index (Phi) is 7.15. The van der Waals surface area contributed by atoms with Crippen molar-refractivity contribution in [3.05, 3.63) is 47.5 Å². The lowest BCUT2D eigenvalue weighted by Crippen LogP contribution is -2.47. The third-order valence-electron chi connectivity index (χ3n) is 4.87. The first-order valence-electron chi connectivity index (χ1n) is 9.54. The van der Waals surface area contributed by atoms with Crippen molar-refractivity contribution in [2.24, 2.45) is 5.92 Å². The lowest BCUT2D eigenvalue weighted by molar-refractivity contribution is -0.153. The van der Waals surface area contributed by atoms with Gasteiger partial charge in [0.05, 0.1) is 5.56 Å². The number of aliphatic carboxylic acids is 1. The lowest BCUT2D eigenvalue weighted by Gasteiger charge is -2.32. The molecule has 0 aromatic heterocycles. The van der Waals surface area contributed by atoms with E-state index < -0.39 is 18.0 Å². The van der Waals surface area contributed by atoms with E-state index >= 15 is 0 Å². The first-order chi connectivity index (χ1) is 13.3. The van der Waals surface area contributed by atoms with Crippen molar-refractivity contribution in [1.29, 1.82) is 0 Å². The SMILES string of the molecule is CCCCC(=O)N(Cc1ccc(C(=O)O)c2ccccc12)[C@H](C(=O)O)C(C)C. The van der Waals surface area contributed by atoms with E-state index in [1.54, 1.807) is 44.2 Å². The molecule has 150 valence electrons. The molecular weight excluding hydrogens is 358 g/mol. The second-order valence-corrected chi connectivity index (χ2v) is 7.28. The van der Waals surface area contributed by atoms with Crippen LogP contribution in [0.4, 0.5) is 0 Å². The molecule has 6 heteroatoms. The summed E-state index contributed by atoms with van der Waals surface area (Å²) in [4.78, 5) is 37.7. The molecule has 2 N–H and O–H groups in total. The highest BCUT2D eigenvalue weighted by Crippen LogP contribution is 2.26. The quantitative estimate of drug-likeness (QED) is 0.676. The van der Waals surface area contributed by atoms with Crippen molar-refractivity contribution in [3.63, 3.8) is 0 Å². The summed E-state index contributed by atoms with van der Waals surface area (Å²) < 4.78 is 0. The minimum atomic E-state index is -1.04. The molecule has 0 aliphatic rings. The van der Waals surface area contributed by atoms with Gasteiger partial charge in [0.1, 0.15) is 6.04 Å². The number of carbonyl (C=O) groups is 3. The van der Waals surface area contributed by atoms with E-state index in [4.69, 9.17) is 0 Å². The number of benzene rings is 2. The molecule has 0 saturated heterocycles. The van der Waals surface area contributed by atoms with Crippen LogP contribution < -0.4 is 0 Å². The van der Waals surface area contributed by atoms with Crippen molar-refractivity contribution in [2.45, 2.75) is 52.6 Å². The fourth-order valence-corrected chi connectivity index (χ4v) is 3.46. The molecule has 2 rings (SSSR count). The van der Waals surface area contributed by atoms with Gasteiger partial charge in [-0.2, -0.15) is 0 Å². The second-order valence-electron chi connectivity index (χ2n) is 7.28. The Morgan fingerprint density at radius 2 is 1.64 bits per heavy atom. The van der Waals surface area contributed by atoms with Gasteiger partial charge in [-0.3, -0.25) is 4.79 Å². The van der Waals surface area contributed by atoms with Gasteiger partial charge in [0.15, 0.2) is 0 Å². The molecule has 0 saturated carbocycles. The number of rotatable bonds is 9. The standard InChI is InChI=1S/C22H27NO5/c1-4-5-10-19(24)23(20(14(2)3)22(27)28)13-15-11-12-18(21(25)26)17-9-7-6-8-16(15)17/h6-9,11-12,14,20H,4-5,10,13H2,1-3H3,(H,25,26)(H,27,28)/t20-/m0/s1. The lowest BCUT2D eigenvalue weighted by atomic mass is 9.97. The van der Waals surface area contributed by atoms with Crippen molar-refractivity contribution < 1.29 is 24.6 Å². The number of unbranched alkanes of at least 4 members (excludes halogenated alkanes) is 1. The fourth-order valence-electron chi connectivity index (χ4n) is 3.46. The van der Waals surface area contributed by atoms with E-state index in [0.717, 1.165) is 12.0 Å². The van der Waals surface area contributed by atoms with Gasteiger partial charge < -0.3 is 15.1 Å². The number of aromatic carboxylic acids is 1. The summed E-state index contributed by atoms with van der Waals surface area (Å²) in [5.74, 6) is -2.52. The molecule has 0 aliphatic heterocycles. The number of carboxylic acid groups (broad SMARTS) is 2. The van der Waals surface area contributed by atoms with Gasteiger partial charge in [-0.05, 0) is 34.7 Å². The first-order valence-corrected chi connectivity index (χ1v) is 9.54. The molecule has 0 bridgehead atoms. The Bertz CT molecular complexity index is 874. The Hall–Kier alpha value is -2.89. The van der Waals surface area contributed by atoms with E-state index in [-0.39, 0.29) is 30.4 Å². The van der Waals surface area contributed by atoms with Crippen molar-refractivity contribution >= 4 is 28.6 Å². The molecular formula is C22H27NO5. The number of amides is 1. The average molecular weight is 385 g/mol. The monoisotopic (exact) mass is 385 g/mol. The maximum Gasteiger partial charge on any atom is 0.336 e. The molecule has 0 radical (unpaired) electrons. The topological polar surface area (TPSA) is 94.9 Å². The van der Waals surface area contributed by atoms with Crippen LogP contribution in [0.3, 0.4) is 0 Å². The van der Waals surface area contributed by atoms with Gasteiger partial charge >= 0.3 is 11.9 Å². The minimum Gasteiger partial charge on any atom is -0.480 e. The van der Waals surface area contributed by atoms with Crippen LogP contribution in [0, 0.1) is 5.92 Å². The van der Waals surface area contributed by atoms with Crippen LogP contribution in [0.25, 0.3) is 10.8 Å². The van der Waals surface area contributed by atoms with Gasteiger partial charge in [-0.15, -0.1) is 0 Å². The van der Waals surface area contributed by atoms with Crippen LogP contribution in [-0.4, -0.2) is 39.0 Å². The molecule has 2 aromatic carbocycles. The smallest absolute Gasteiger partial charge is 0.336 e. The fraction of sp³-hybridized carbons (Fsp3) is 0.409. The van der Waals surface area contributed by atoms with Crippen LogP contribution in [0.2, 0.25) is 0 Å². The predicted molar refractivity (Wildman–Crippen MR) is 107 cm³/mol. The molecule has 28 heavy (non-hydrogen) atoms. The Morgan fingerprint density at radius 1 is 1.00 bits per heavy atom. The van der Waals surface area contributed by atoms with Gasteiger partial charge in [-0.1, -0.05) is 57.5 Å². The van der Waals surface area contributed by atoms with Gasteiger partial charge in [0.25, 0.3) is 0 Å². The summed E-state index contributed by atoms with van der Waals surface area (Å²) in [7, 11) is 0. The molecule has 0 fully saturated rings. The van der Waals surface area contributed by atoms with Crippen LogP contribution in [-0.2, 0) is 16.1 Å². The first kappa shape index (κ1) is 21.4. The third kappa shape index (κ3) is 4.68. The van der Waals surface area contributed by atoms with Crippen molar-refractivity contribution in [2.75, 3.05) is 0 Å². The Labute approximate surface area is 164 Å². The van der Waals surface area contributed by atoms with E-state index in [1.807, 2.05) is 6.92 Å². The Morgan fingerprint density at radius 3 is 2.18 bits per heavy atom. The number of hydrogen-bond acceptors (Lipinski definition) is 3. The summed E-state index contributed by atoms with van der Waals surface area (Å²) in [6.45, 7) is 5.67. The Balaban J connectivity index is 2.52. The van der Waals surface area contributed by atoms with Crippen LogP contribution in [0.5, 0.6) is 0 Å². The van der Waals surface area contributed by atoms with Crippen LogP contribution >= 0.6 is 0 Å². The molecule has 1 amide bonds. The number of carboxylic acids is 2. The van der Waals surface area contributed by atoms with Gasteiger partial charge in [-0.25, -0.2) is 9.59 Å². The van der Waals surface area contributed by atoms with E-state index in [9.17, 15) is 24.6 Å². The summed E-state index contributed by atoms with van der Waals surface area (Å²) in [6, 6.07) is 9.33. The molecule has 0 spiro atoms. The van der Waals surface area contributed by atoms with Crippen LogP contribution in [0.15, 0.2) is 36.4 Å². The molecule has 0 heterocycles. The highest BCUT2D eigenvalue weighted by Gasteiger charge is 2.32. The largest absolute Gasteiger partial charge is 0.480 e. The highest BCUT2D eigenvalue weighted by atomic mass is 16.4. The molecule has 1 atom stereocenters. The van der Waals surface area contributed by atoms with Crippen molar-refractivity contribution in [3.8, 4) is 0 Å². The summed E-state index contributed by atoms with van der Waals surface area (Å²) in [6.07, 6.45) is 1.83. The minimum absolute atomic E-state index is 0.123. The zero-order valence-electron chi connectivity index (χ0n) is 16.5. The maximum absolute atomic E-state index is 12.8. The van der Waals surface area contributed by atoms with Gasteiger partial charge in [0, 0.05) is 13.0 Å². The summed E-state index contributed by atoms with van der Waals surface area (Å²) in [5.41, 5.74) is 0.916. The third-order valence-corrected chi connectivity index (χ3v) is 4.87. The molecule has 0 aliphatic carbocycles. The maximum atomic E-state index is 12.8. The van der Waals surface area contributed by atoms with E-state index in [0.29, 0.717) is 17.2 Å². The zero-order chi connectivity index (χ0) is 20.8. The number of fused-ring (bicyclic) bond motifs is 1. The molecule has 6 nitrogen and oxygen atoms in total.